The number of carbonyl (C=O) groups excluding carboxylic acids is 1. The molecule has 1 heterocycles. The third-order valence-electron chi connectivity index (χ3n) is 2.54. The fourth-order valence-electron chi connectivity index (χ4n) is 1.66. The minimum Gasteiger partial charge on any atom is -0.444 e. The lowest BCUT2D eigenvalue weighted by atomic mass is 10.1. The van der Waals surface area contributed by atoms with Crippen molar-refractivity contribution >= 4 is 11.6 Å². The Morgan fingerprint density at radius 1 is 1.47 bits per heavy atom. The number of anilines is 1. The molecule has 1 atom stereocenters. The Hall–Kier alpha value is -2.37. The number of carbonyl (C=O) groups is 1. The van der Waals surface area contributed by atoms with E-state index >= 15 is 0 Å². The van der Waals surface area contributed by atoms with E-state index in [0.29, 0.717) is 11.7 Å². The minimum absolute atomic E-state index is 0.160. The van der Waals surface area contributed by atoms with Crippen LogP contribution < -0.4 is 11.1 Å². The molecule has 0 aliphatic rings. The average Bonchev–Trinajstić information content (AvgIpc) is 2.74. The summed E-state index contributed by atoms with van der Waals surface area (Å²) in [6, 6.07) is 3.27. The van der Waals surface area contributed by atoms with Gasteiger partial charge in [-0.25, -0.2) is 9.37 Å². The van der Waals surface area contributed by atoms with Gasteiger partial charge in [0.1, 0.15) is 17.6 Å². The van der Waals surface area contributed by atoms with Crippen LogP contribution in [0.4, 0.5) is 10.1 Å². The smallest absolute Gasteiger partial charge is 0.252 e. The first kappa shape index (κ1) is 13.1. The summed E-state index contributed by atoms with van der Waals surface area (Å²) in [5.74, 6) is 0.0700. The Balaban J connectivity index is 2.12. The maximum absolute atomic E-state index is 13.2. The highest BCUT2D eigenvalue weighted by Crippen LogP contribution is 2.15. The zero-order chi connectivity index (χ0) is 14.0. The number of aryl methyl sites for hydroxylation is 1. The molecule has 0 radical (unpaired) electrons. The fourth-order valence-corrected chi connectivity index (χ4v) is 1.66. The molecule has 1 aromatic carbocycles. The van der Waals surface area contributed by atoms with E-state index in [2.05, 4.69) is 10.3 Å². The zero-order valence-corrected chi connectivity index (χ0v) is 10.6. The zero-order valence-electron chi connectivity index (χ0n) is 10.6. The number of benzene rings is 1. The van der Waals surface area contributed by atoms with Gasteiger partial charge in [0.05, 0.1) is 6.20 Å². The second kappa shape index (κ2) is 5.09. The molecule has 5 nitrogen and oxygen atoms in total. The maximum atomic E-state index is 13.2. The van der Waals surface area contributed by atoms with Crippen LogP contribution in [0.15, 0.2) is 28.8 Å². The molecule has 2 aromatic rings. The van der Waals surface area contributed by atoms with Crippen molar-refractivity contribution in [3.63, 3.8) is 0 Å². The first-order chi connectivity index (χ1) is 8.95. The lowest BCUT2D eigenvalue weighted by Crippen LogP contribution is -2.27. The Labute approximate surface area is 109 Å². The molecule has 3 N–H and O–H groups in total. The van der Waals surface area contributed by atoms with Gasteiger partial charge in [-0.05, 0) is 32.0 Å². The summed E-state index contributed by atoms with van der Waals surface area (Å²) < 4.78 is 18.5. The van der Waals surface area contributed by atoms with Crippen LogP contribution in [0.1, 0.15) is 35.0 Å². The number of halogens is 1. The molecule has 0 saturated carbocycles. The van der Waals surface area contributed by atoms with E-state index in [0.717, 1.165) is 12.1 Å². The molecule has 100 valence electrons. The van der Waals surface area contributed by atoms with Gasteiger partial charge in [0.25, 0.3) is 5.91 Å². The van der Waals surface area contributed by atoms with Gasteiger partial charge in [0.2, 0.25) is 5.89 Å². The lowest BCUT2D eigenvalue weighted by Gasteiger charge is -2.10. The predicted octanol–water partition coefficient (Wildman–Crippen LogP) is 2.20. The van der Waals surface area contributed by atoms with Crippen LogP contribution in [-0.4, -0.2) is 10.9 Å². The van der Waals surface area contributed by atoms with E-state index < -0.39 is 17.8 Å². The SMILES string of the molecule is Cc1cnc(C(C)NC(=O)c2cc(N)cc(F)c2)o1. The molecule has 0 aliphatic carbocycles. The molecule has 1 aromatic heterocycles. The van der Waals surface area contributed by atoms with E-state index in [1.807, 2.05) is 0 Å². The van der Waals surface area contributed by atoms with Gasteiger partial charge in [-0.2, -0.15) is 0 Å². The van der Waals surface area contributed by atoms with Crippen LogP contribution in [-0.2, 0) is 0 Å². The molecule has 1 unspecified atom stereocenters. The normalized spacial score (nSPS) is 12.2. The van der Waals surface area contributed by atoms with Crippen molar-refractivity contribution in [3.8, 4) is 0 Å². The van der Waals surface area contributed by atoms with E-state index in [-0.39, 0.29) is 11.3 Å². The van der Waals surface area contributed by atoms with Crippen LogP contribution in [0.3, 0.4) is 0 Å². The number of nitrogens with one attached hydrogen (secondary N) is 1. The summed E-state index contributed by atoms with van der Waals surface area (Å²) in [5.41, 5.74) is 5.85. The van der Waals surface area contributed by atoms with Gasteiger partial charge in [-0.3, -0.25) is 4.79 Å². The first-order valence-corrected chi connectivity index (χ1v) is 5.75. The lowest BCUT2D eigenvalue weighted by molar-refractivity contribution is 0.0933. The van der Waals surface area contributed by atoms with E-state index in [4.69, 9.17) is 10.2 Å². The second-order valence-corrected chi connectivity index (χ2v) is 4.28. The number of oxazole rings is 1. The Kier molecular flexibility index (Phi) is 3.50. The van der Waals surface area contributed by atoms with Crippen molar-refractivity contribution in [3.05, 3.63) is 47.4 Å². The molecule has 6 heteroatoms. The number of aromatic nitrogens is 1. The highest BCUT2D eigenvalue weighted by atomic mass is 19.1. The molecule has 0 spiro atoms. The van der Waals surface area contributed by atoms with Gasteiger partial charge < -0.3 is 15.5 Å². The largest absolute Gasteiger partial charge is 0.444 e. The monoisotopic (exact) mass is 263 g/mol. The topological polar surface area (TPSA) is 81.2 Å². The summed E-state index contributed by atoms with van der Waals surface area (Å²) >= 11 is 0. The molecule has 19 heavy (non-hydrogen) atoms. The second-order valence-electron chi connectivity index (χ2n) is 4.28. The highest BCUT2D eigenvalue weighted by molar-refractivity contribution is 5.95. The van der Waals surface area contributed by atoms with Crippen LogP contribution in [0.5, 0.6) is 0 Å². The van der Waals surface area contributed by atoms with Crippen molar-refractivity contribution < 1.29 is 13.6 Å². The third kappa shape index (κ3) is 3.09. The van der Waals surface area contributed by atoms with Gasteiger partial charge in [0, 0.05) is 11.3 Å². The number of hydrogen-bond donors (Lipinski definition) is 2. The number of nitrogen functional groups attached to an aromatic ring is 1. The van der Waals surface area contributed by atoms with Crippen LogP contribution >= 0.6 is 0 Å². The van der Waals surface area contributed by atoms with Crippen molar-refractivity contribution in [2.45, 2.75) is 19.9 Å². The summed E-state index contributed by atoms with van der Waals surface area (Å²) in [6.45, 7) is 3.49. The van der Waals surface area contributed by atoms with Crippen molar-refractivity contribution in [2.75, 3.05) is 5.73 Å². The summed E-state index contributed by atoms with van der Waals surface area (Å²) in [4.78, 5) is 16.0. The van der Waals surface area contributed by atoms with Crippen molar-refractivity contribution in [1.82, 2.24) is 10.3 Å². The molecule has 0 fully saturated rings. The third-order valence-corrected chi connectivity index (χ3v) is 2.54. The standard InChI is InChI=1S/C13H14FN3O2/c1-7-6-16-13(19-7)8(2)17-12(18)9-3-10(14)5-11(15)4-9/h3-6,8H,15H2,1-2H3,(H,17,18). The average molecular weight is 263 g/mol. The van der Waals surface area contributed by atoms with Crippen LogP contribution in [0.25, 0.3) is 0 Å². The molecule has 0 bridgehead atoms. The molecule has 0 saturated heterocycles. The summed E-state index contributed by atoms with van der Waals surface area (Å²) in [5, 5.41) is 2.66. The van der Waals surface area contributed by atoms with Gasteiger partial charge in [0.15, 0.2) is 0 Å². The van der Waals surface area contributed by atoms with Crippen LogP contribution in [0.2, 0.25) is 0 Å². The molecule has 2 rings (SSSR count). The maximum Gasteiger partial charge on any atom is 0.252 e. The van der Waals surface area contributed by atoms with Crippen molar-refractivity contribution in [1.29, 1.82) is 0 Å². The van der Waals surface area contributed by atoms with E-state index in [1.54, 1.807) is 20.0 Å². The Bertz CT molecular complexity index is 589. The van der Waals surface area contributed by atoms with Gasteiger partial charge in [-0.15, -0.1) is 0 Å². The van der Waals surface area contributed by atoms with Gasteiger partial charge >= 0.3 is 0 Å². The Morgan fingerprint density at radius 2 is 2.21 bits per heavy atom. The summed E-state index contributed by atoms with van der Waals surface area (Å²) in [6.07, 6.45) is 1.57. The number of rotatable bonds is 3. The molecule has 1 amide bonds. The highest BCUT2D eigenvalue weighted by Gasteiger charge is 2.16. The number of amides is 1. The molecule has 0 aliphatic heterocycles. The fraction of sp³-hybridized carbons (Fsp3) is 0.231. The molecular formula is C13H14FN3O2. The molecular weight excluding hydrogens is 249 g/mol. The van der Waals surface area contributed by atoms with Crippen LogP contribution in [0, 0.1) is 12.7 Å². The number of nitrogens with zero attached hydrogens (tertiary/aromatic N) is 1. The number of hydrogen-bond acceptors (Lipinski definition) is 4. The first-order valence-electron chi connectivity index (χ1n) is 5.75. The Morgan fingerprint density at radius 3 is 2.79 bits per heavy atom. The number of nitrogens with two attached hydrogens (primary N) is 1. The van der Waals surface area contributed by atoms with Gasteiger partial charge in [-0.1, -0.05) is 0 Å². The quantitative estimate of drug-likeness (QED) is 0.832. The summed E-state index contributed by atoms with van der Waals surface area (Å²) in [7, 11) is 0. The predicted molar refractivity (Wildman–Crippen MR) is 67.9 cm³/mol. The van der Waals surface area contributed by atoms with E-state index in [9.17, 15) is 9.18 Å². The minimum atomic E-state index is -0.551. The van der Waals surface area contributed by atoms with E-state index in [1.165, 1.54) is 6.07 Å². The van der Waals surface area contributed by atoms with Crippen molar-refractivity contribution in [2.24, 2.45) is 0 Å².